The minimum Gasteiger partial charge on any atom is -0.337 e. The van der Waals surface area contributed by atoms with E-state index in [1.165, 1.54) is 10.7 Å². The maximum Gasteiger partial charge on any atom is 0.274 e. The van der Waals surface area contributed by atoms with Gasteiger partial charge in [0.15, 0.2) is 0 Å². The minimum absolute atomic E-state index is 0.0923. The second kappa shape index (κ2) is 5.33. The van der Waals surface area contributed by atoms with Crippen molar-refractivity contribution in [1.82, 2.24) is 29.4 Å². The number of carbonyl (C=O) groups excluding carboxylic acids is 2. The van der Waals surface area contributed by atoms with Crippen LogP contribution in [0.5, 0.6) is 0 Å². The number of carbonyl (C=O) groups is 2. The number of aromatic amines is 1. The normalized spacial score (nSPS) is 24.3. The third-order valence-corrected chi connectivity index (χ3v) is 5.25. The van der Waals surface area contributed by atoms with Crippen molar-refractivity contribution in [1.29, 1.82) is 0 Å². The second-order valence-electron chi connectivity index (χ2n) is 6.89. The van der Waals surface area contributed by atoms with E-state index in [2.05, 4.69) is 10.2 Å². The van der Waals surface area contributed by atoms with E-state index in [1.54, 1.807) is 47.9 Å². The molecule has 1 N–H and O–H groups in total. The molecule has 1 saturated heterocycles. The lowest BCUT2D eigenvalue weighted by atomic mass is 10.3. The van der Waals surface area contributed by atoms with Crippen LogP contribution in [-0.4, -0.2) is 67.4 Å². The standard InChI is InChI=1S/C16H20N6O3/c1-19-5-4-11(17-19)15(24)20(2)14-9-7-22(8-10(9)14)16(25)12-6-13(23)21(3)18-12/h4-6,9-10,14,18H,7-8H2,1-3H3/t9-,10+,14?. The lowest BCUT2D eigenvalue weighted by Gasteiger charge is -2.23. The zero-order valence-electron chi connectivity index (χ0n) is 14.3. The van der Waals surface area contributed by atoms with Crippen LogP contribution < -0.4 is 5.56 Å². The molecule has 1 aliphatic carbocycles. The fraction of sp³-hybridized carbons (Fsp3) is 0.500. The summed E-state index contributed by atoms with van der Waals surface area (Å²) in [5, 5.41) is 6.92. The van der Waals surface area contributed by atoms with E-state index in [0.29, 0.717) is 24.5 Å². The van der Waals surface area contributed by atoms with Gasteiger partial charge in [-0.15, -0.1) is 0 Å². The molecule has 0 aromatic carbocycles. The van der Waals surface area contributed by atoms with Crippen molar-refractivity contribution in [2.75, 3.05) is 20.1 Å². The zero-order chi connectivity index (χ0) is 17.9. The van der Waals surface area contributed by atoms with Crippen LogP contribution in [0.1, 0.15) is 21.0 Å². The number of aryl methyl sites for hydroxylation is 2. The molecule has 0 spiro atoms. The van der Waals surface area contributed by atoms with E-state index in [1.807, 2.05) is 0 Å². The first-order valence-electron chi connectivity index (χ1n) is 8.19. The van der Waals surface area contributed by atoms with Crippen molar-refractivity contribution in [3.8, 4) is 0 Å². The highest BCUT2D eigenvalue weighted by molar-refractivity contribution is 5.93. The number of aromatic nitrogens is 4. The molecule has 132 valence electrons. The summed E-state index contributed by atoms with van der Waals surface area (Å²) in [4.78, 5) is 39.9. The summed E-state index contributed by atoms with van der Waals surface area (Å²) in [6.07, 6.45) is 1.75. The van der Waals surface area contributed by atoms with Crippen molar-refractivity contribution in [2.24, 2.45) is 25.9 Å². The van der Waals surface area contributed by atoms with Crippen LogP contribution in [0.15, 0.2) is 23.1 Å². The van der Waals surface area contributed by atoms with Crippen LogP contribution in [0.25, 0.3) is 0 Å². The Morgan fingerprint density at radius 1 is 1.28 bits per heavy atom. The first kappa shape index (κ1) is 15.7. The first-order chi connectivity index (χ1) is 11.9. The van der Waals surface area contributed by atoms with Gasteiger partial charge in [0.25, 0.3) is 17.4 Å². The number of hydrogen-bond donors (Lipinski definition) is 1. The van der Waals surface area contributed by atoms with Crippen LogP contribution in [0, 0.1) is 11.8 Å². The Morgan fingerprint density at radius 3 is 2.48 bits per heavy atom. The Hall–Kier alpha value is -2.84. The van der Waals surface area contributed by atoms with Crippen LogP contribution in [0.4, 0.5) is 0 Å². The van der Waals surface area contributed by atoms with Gasteiger partial charge in [-0.2, -0.15) is 5.10 Å². The highest BCUT2D eigenvalue weighted by Gasteiger charge is 2.59. The predicted molar refractivity (Wildman–Crippen MR) is 88.0 cm³/mol. The Balaban J connectivity index is 1.39. The topological polar surface area (TPSA) is 96.2 Å². The van der Waals surface area contributed by atoms with Gasteiger partial charge in [0.2, 0.25) is 0 Å². The maximum atomic E-state index is 12.5. The summed E-state index contributed by atoms with van der Waals surface area (Å²) < 4.78 is 2.89. The average Bonchev–Trinajstić information content (AvgIpc) is 2.97. The highest BCUT2D eigenvalue weighted by atomic mass is 16.2. The number of likely N-dealkylation sites (tertiary alicyclic amines) is 1. The molecule has 2 aromatic heterocycles. The molecule has 2 aromatic rings. The molecular formula is C16H20N6O3. The number of amides is 2. The average molecular weight is 344 g/mol. The molecule has 25 heavy (non-hydrogen) atoms. The zero-order valence-corrected chi connectivity index (χ0v) is 14.3. The van der Waals surface area contributed by atoms with Crippen molar-refractivity contribution < 1.29 is 9.59 Å². The summed E-state index contributed by atoms with van der Waals surface area (Å²) in [6, 6.07) is 3.17. The van der Waals surface area contributed by atoms with Crippen LogP contribution in [0.3, 0.4) is 0 Å². The number of nitrogens with zero attached hydrogens (tertiary/aromatic N) is 5. The molecule has 2 aliphatic rings. The molecule has 4 rings (SSSR count). The lowest BCUT2D eigenvalue weighted by molar-refractivity contribution is 0.0707. The molecule has 1 aliphatic heterocycles. The molecule has 1 unspecified atom stereocenters. The Kier molecular flexibility index (Phi) is 3.34. The number of piperidine rings is 1. The summed E-state index contributed by atoms with van der Waals surface area (Å²) in [6.45, 7) is 1.20. The Morgan fingerprint density at radius 2 is 1.96 bits per heavy atom. The minimum atomic E-state index is -0.230. The molecule has 9 nitrogen and oxygen atoms in total. The van der Waals surface area contributed by atoms with Crippen molar-refractivity contribution in [2.45, 2.75) is 6.04 Å². The number of fused-ring (bicyclic) bond motifs is 1. The van der Waals surface area contributed by atoms with Gasteiger partial charge in [0.05, 0.1) is 0 Å². The SMILES string of the molecule is CN(C(=O)c1ccn(C)n1)C1[C@H]2CN(C(=O)c3cc(=O)n(C)[nH]3)C[C@@H]12. The van der Waals surface area contributed by atoms with Gasteiger partial charge in [-0.3, -0.25) is 28.8 Å². The van der Waals surface area contributed by atoms with E-state index in [9.17, 15) is 14.4 Å². The molecule has 9 heteroatoms. The van der Waals surface area contributed by atoms with E-state index >= 15 is 0 Å². The molecule has 0 radical (unpaired) electrons. The first-order valence-corrected chi connectivity index (χ1v) is 8.19. The Labute approximate surface area is 143 Å². The molecule has 3 heterocycles. The van der Waals surface area contributed by atoms with Gasteiger partial charge < -0.3 is 9.80 Å². The fourth-order valence-electron chi connectivity index (χ4n) is 3.85. The van der Waals surface area contributed by atoms with E-state index in [0.717, 1.165) is 0 Å². The van der Waals surface area contributed by atoms with Crippen molar-refractivity contribution in [3.05, 3.63) is 40.1 Å². The van der Waals surface area contributed by atoms with Gasteiger partial charge in [-0.25, -0.2) is 0 Å². The number of nitrogens with one attached hydrogen (secondary N) is 1. The molecule has 2 amide bonds. The van der Waals surface area contributed by atoms with Gasteiger partial charge in [-0.05, 0) is 6.07 Å². The number of H-pyrrole nitrogens is 1. The summed E-state index contributed by atoms with van der Waals surface area (Å²) >= 11 is 0. The predicted octanol–water partition coefficient (Wildman–Crippen LogP) is -0.710. The highest BCUT2D eigenvalue weighted by Crippen LogP contribution is 2.49. The van der Waals surface area contributed by atoms with Crippen molar-refractivity contribution >= 4 is 11.8 Å². The summed E-state index contributed by atoms with van der Waals surface area (Å²) in [5.74, 6) is 0.321. The largest absolute Gasteiger partial charge is 0.337 e. The molecule has 1 saturated carbocycles. The van der Waals surface area contributed by atoms with Crippen LogP contribution in [-0.2, 0) is 14.1 Å². The molecule has 2 fully saturated rings. The quantitative estimate of drug-likeness (QED) is 0.795. The van der Waals surface area contributed by atoms with Gasteiger partial charge >= 0.3 is 0 Å². The van der Waals surface area contributed by atoms with E-state index in [-0.39, 0.29) is 35.3 Å². The third kappa shape index (κ3) is 2.46. The van der Waals surface area contributed by atoms with E-state index in [4.69, 9.17) is 0 Å². The molecule has 0 bridgehead atoms. The second-order valence-corrected chi connectivity index (χ2v) is 6.89. The molecule has 3 atom stereocenters. The van der Waals surface area contributed by atoms with Gasteiger partial charge in [-0.1, -0.05) is 0 Å². The van der Waals surface area contributed by atoms with Gasteiger partial charge in [0, 0.05) is 64.4 Å². The fourth-order valence-corrected chi connectivity index (χ4v) is 3.85. The lowest BCUT2D eigenvalue weighted by Crippen LogP contribution is -2.38. The monoisotopic (exact) mass is 344 g/mol. The van der Waals surface area contributed by atoms with Crippen LogP contribution in [0.2, 0.25) is 0 Å². The van der Waals surface area contributed by atoms with Crippen molar-refractivity contribution in [3.63, 3.8) is 0 Å². The number of rotatable bonds is 3. The summed E-state index contributed by atoms with van der Waals surface area (Å²) in [7, 11) is 5.15. The third-order valence-electron chi connectivity index (χ3n) is 5.25. The molecular weight excluding hydrogens is 324 g/mol. The Bertz CT molecular complexity index is 897. The summed E-state index contributed by atoms with van der Waals surface area (Å²) in [5.41, 5.74) is 0.513. The van der Waals surface area contributed by atoms with E-state index < -0.39 is 0 Å². The van der Waals surface area contributed by atoms with Gasteiger partial charge in [0.1, 0.15) is 11.4 Å². The maximum absolute atomic E-state index is 12.5. The smallest absolute Gasteiger partial charge is 0.274 e. The number of hydrogen-bond acceptors (Lipinski definition) is 4. The van der Waals surface area contributed by atoms with Crippen LogP contribution >= 0.6 is 0 Å².